The first-order valence-electron chi connectivity index (χ1n) is 2.49. The Kier molecular flexibility index (Phi) is 3.11. The molecule has 0 aliphatic carbocycles. The van der Waals surface area contributed by atoms with Crippen molar-refractivity contribution in [3.8, 4) is 0 Å². The molecule has 0 aliphatic heterocycles. The predicted molar refractivity (Wildman–Crippen MR) is 53.9 cm³/mol. The first-order chi connectivity index (χ1) is 5.04. The summed E-state index contributed by atoms with van der Waals surface area (Å²) in [6.45, 7) is 0. The molecule has 0 saturated carbocycles. The zero-order valence-corrected chi connectivity index (χ0v) is 8.97. The highest BCUT2D eigenvalue weighted by Crippen LogP contribution is 2.33. The van der Waals surface area contributed by atoms with Crippen LogP contribution in [0.25, 0.3) is 0 Å². The molecule has 0 atom stereocenters. The molecule has 0 unspecified atom stereocenters. The van der Waals surface area contributed by atoms with Gasteiger partial charge in [-0.2, -0.15) is 0 Å². The smallest absolute Gasteiger partial charge is 0.124 e. The predicted octanol–water partition coefficient (Wildman–Crippen LogP) is 3.99. The molecule has 0 radical (unpaired) electrons. The Hall–Kier alpha value is 0.590. The Morgan fingerprint density at radius 2 is 1.64 bits per heavy atom. The second-order valence-corrected chi connectivity index (χ2v) is 3.73. The zero-order valence-electron chi connectivity index (χ0n) is 4.99. The third-order valence-corrected chi connectivity index (χ3v) is 3.24. The van der Waals surface area contributed by atoms with Gasteiger partial charge < -0.3 is 4.98 Å². The number of aromatic amines is 1. The second kappa shape index (κ2) is 3.54. The van der Waals surface area contributed by atoms with E-state index in [0.717, 1.165) is 0 Å². The summed E-state index contributed by atoms with van der Waals surface area (Å²) in [7, 11) is 0. The van der Waals surface area contributed by atoms with Crippen molar-refractivity contribution in [2.45, 2.75) is 5.03 Å². The number of thiol groups is 1. The van der Waals surface area contributed by atoms with E-state index in [9.17, 15) is 0 Å². The molecule has 0 spiro atoms. The average molecular weight is 247 g/mol. The molecule has 6 heteroatoms. The molecular formula is C5H2Cl3NS2. The molecule has 0 bridgehead atoms. The van der Waals surface area contributed by atoms with Crippen molar-refractivity contribution >= 4 is 59.6 Å². The van der Waals surface area contributed by atoms with Crippen LogP contribution in [0.5, 0.6) is 0 Å². The van der Waals surface area contributed by atoms with Crippen LogP contribution in [0.2, 0.25) is 15.1 Å². The van der Waals surface area contributed by atoms with Gasteiger partial charge in [-0.1, -0.05) is 47.0 Å². The van der Waals surface area contributed by atoms with Gasteiger partial charge in [0.25, 0.3) is 0 Å². The molecule has 11 heavy (non-hydrogen) atoms. The van der Waals surface area contributed by atoms with E-state index in [-0.39, 0.29) is 15.1 Å². The van der Waals surface area contributed by atoms with Gasteiger partial charge in [0.05, 0.1) is 20.1 Å². The molecule has 1 nitrogen and oxygen atoms in total. The molecule has 1 heterocycles. The van der Waals surface area contributed by atoms with Gasteiger partial charge in [0, 0.05) is 0 Å². The number of nitrogens with one attached hydrogen (secondary N) is 1. The van der Waals surface area contributed by atoms with E-state index in [1.807, 2.05) is 0 Å². The lowest BCUT2D eigenvalue weighted by Gasteiger charge is -2.01. The fourth-order valence-electron chi connectivity index (χ4n) is 0.517. The summed E-state index contributed by atoms with van der Waals surface area (Å²) in [6.07, 6.45) is 0. The largest absolute Gasteiger partial charge is 0.339 e. The van der Waals surface area contributed by atoms with Crippen LogP contribution in [-0.4, -0.2) is 4.98 Å². The Morgan fingerprint density at radius 3 is 2.18 bits per heavy atom. The molecule has 60 valence electrons. The minimum atomic E-state index is 0.238. The summed E-state index contributed by atoms with van der Waals surface area (Å²) >= 11 is 25.8. The van der Waals surface area contributed by atoms with Gasteiger partial charge in [-0.3, -0.25) is 0 Å². The molecule has 0 amide bonds. The van der Waals surface area contributed by atoms with E-state index < -0.39 is 0 Å². The van der Waals surface area contributed by atoms with Gasteiger partial charge in [-0.15, -0.1) is 12.6 Å². The maximum absolute atomic E-state index is 5.69. The maximum atomic E-state index is 5.69. The van der Waals surface area contributed by atoms with Gasteiger partial charge in [0.2, 0.25) is 0 Å². The third-order valence-electron chi connectivity index (χ3n) is 1.02. The van der Waals surface area contributed by atoms with Gasteiger partial charge in [-0.05, 0) is 0 Å². The molecule has 1 N–H and O–H groups in total. The standard InChI is InChI=1S/C5H2Cl3NS2/c6-1-2(7)4(10)9-5(11)3(1)8/h(H2,9,10,11). The fraction of sp³-hybridized carbons (Fsp3) is 0. The van der Waals surface area contributed by atoms with Crippen LogP contribution in [0.15, 0.2) is 5.03 Å². The van der Waals surface area contributed by atoms with Crippen LogP contribution < -0.4 is 0 Å². The lowest BCUT2D eigenvalue weighted by Crippen LogP contribution is -1.82. The highest BCUT2D eigenvalue weighted by atomic mass is 35.5. The third kappa shape index (κ3) is 1.84. The van der Waals surface area contributed by atoms with Gasteiger partial charge >= 0.3 is 0 Å². The maximum Gasteiger partial charge on any atom is 0.124 e. The molecule has 1 aromatic rings. The van der Waals surface area contributed by atoms with Crippen molar-refractivity contribution in [2.24, 2.45) is 0 Å². The van der Waals surface area contributed by atoms with Crippen molar-refractivity contribution in [2.75, 3.05) is 0 Å². The second-order valence-electron chi connectivity index (χ2n) is 1.74. The highest BCUT2D eigenvalue weighted by Gasteiger charge is 2.07. The van der Waals surface area contributed by atoms with Crippen LogP contribution in [0, 0.1) is 4.64 Å². The molecular weight excluding hydrogens is 245 g/mol. The monoisotopic (exact) mass is 245 g/mol. The zero-order chi connectivity index (χ0) is 8.59. The lowest BCUT2D eigenvalue weighted by atomic mass is 10.5. The quantitative estimate of drug-likeness (QED) is 0.522. The molecule has 0 fully saturated rings. The Morgan fingerprint density at radius 1 is 1.09 bits per heavy atom. The summed E-state index contributed by atoms with van der Waals surface area (Å²) in [5.41, 5.74) is 0. The number of H-pyrrole nitrogens is 1. The number of pyridine rings is 1. The van der Waals surface area contributed by atoms with Crippen LogP contribution in [0.1, 0.15) is 0 Å². The SMILES string of the molecule is S=c1[nH]c(S)c(Cl)c(Cl)c1Cl. The Balaban J connectivity index is 3.59. The first kappa shape index (κ1) is 9.68. The van der Waals surface area contributed by atoms with Crippen molar-refractivity contribution in [3.05, 3.63) is 19.7 Å². The average Bonchev–Trinajstić information content (AvgIpc) is 1.97. The topological polar surface area (TPSA) is 15.8 Å². The van der Waals surface area contributed by atoms with Gasteiger partial charge in [0.15, 0.2) is 0 Å². The van der Waals surface area contributed by atoms with Crippen LogP contribution in [0.3, 0.4) is 0 Å². The van der Waals surface area contributed by atoms with Gasteiger partial charge in [-0.25, -0.2) is 0 Å². The van der Waals surface area contributed by atoms with E-state index in [2.05, 4.69) is 17.6 Å². The van der Waals surface area contributed by atoms with E-state index in [0.29, 0.717) is 9.67 Å². The Labute approximate surface area is 89.1 Å². The highest BCUT2D eigenvalue weighted by molar-refractivity contribution is 7.80. The summed E-state index contributed by atoms with van der Waals surface area (Å²) in [5, 5.41) is 1.20. The summed E-state index contributed by atoms with van der Waals surface area (Å²) in [5.74, 6) is 0. The minimum absolute atomic E-state index is 0.238. The summed E-state index contributed by atoms with van der Waals surface area (Å²) in [4.78, 5) is 2.68. The van der Waals surface area contributed by atoms with Crippen LogP contribution >= 0.6 is 59.6 Å². The lowest BCUT2D eigenvalue weighted by molar-refractivity contribution is 1.12. The molecule has 1 aromatic heterocycles. The molecule has 0 saturated heterocycles. The fourth-order valence-corrected chi connectivity index (χ4v) is 1.66. The molecule has 0 aromatic carbocycles. The number of aromatic nitrogens is 1. The Bertz CT molecular complexity index is 346. The van der Waals surface area contributed by atoms with Crippen LogP contribution in [-0.2, 0) is 0 Å². The minimum Gasteiger partial charge on any atom is -0.339 e. The summed E-state index contributed by atoms with van der Waals surface area (Å²) in [6, 6.07) is 0. The normalized spacial score (nSPS) is 10.2. The van der Waals surface area contributed by atoms with Crippen LogP contribution in [0.4, 0.5) is 0 Å². The number of halogens is 3. The molecule has 0 aliphatic rings. The van der Waals surface area contributed by atoms with Crippen molar-refractivity contribution in [1.82, 2.24) is 4.98 Å². The summed E-state index contributed by atoms with van der Waals surface area (Å²) < 4.78 is 0.339. The van der Waals surface area contributed by atoms with E-state index in [1.54, 1.807) is 0 Å². The van der Waals surface area contributed by atoms with Crippen molar-refractivity contribution in [1.29, 1.82) is 0 Å². The van der Waals surface area contributed by atoms with E-state index >= 15 is 0 Å². The molecule has 1 rings (SSSR count). The van der Waals surface area contributed by atoms with Crippen molar-refractivity contribution in [3.63, 3.8) is 0 Å². The van der Waals surface area contributed by atoms with Crippen molar-refractivity contribution < 1.29 is 0 Å². The van der Waals surface area contributed by atoms with Gasteiger partial charge in [0.1, 0.15) is 4.64 Å². The first-order valence-corrected chi connectivity index (χ1v) is 4.48. The number of hydrogen-bond donors (Lipinski definition) is 2. The number of hydrogen-bond acceptors (Lipinski definition) is 2. The van der Waals surface area contributed by atoms with E-state index in [1.165, 1.54) is 0 Å². The van der Waals surface area contributed by atoms with E-state index in [4.69, 9.17) is 47.0 Å². The number of rotatable bonds is 0.